The highest BCUT2D eigenvalue weighted by Crippen LogP contribution is 2.22. The van der Waals surface area contributed by atoms with Gasteiger partial charge in [-0.1, -0.05) is 85.0 Å². The SMILES string of the molecule is CC(=O)c1cc(/C=C\c2ccccc2)c(C/C=C/c2ccccc2)cc1C(=O)O. The van der Waals surface area contributed by atoms with E-state index in [2.05, 4.69) is 0 Å². The summed E-state index contributed by atoms with van der Waals surface area (Å²) in [5.41, 5.74) is 4.06. The molecule has 0 unspecified atom stereocenters. The summed E-state index contributed by atoms with van der Waals surface area (Å²) in [5, 5.41) is 9.55. The zero-order chi connectivity index (χ0) is 20.6. The highest BCUT2D eigenvalue weighted by Gasteiger charge is 2.16. The van der Waals surface area contributed by atoms with Gasteiger partial charge >= 0.3 is 5.97 Å². The van der Waals surface area contributed by atoms with E-state index < -0.39 is 5.97 Å². The first-order valence-electron chi connectivity index (χ1n) is 9.40. The quantitative estimate of drug-likeness (QED) is 0.402. The Morgan fingerprint density at radius 2 is 1.38 bits per heavy atom. The molecule has 3 rings (SSSR count). The molecule has 3 nitrogen and oxygen atoms in total. The lowest BCUT2D eigenvalue weighted by atomic mass is 9.93. The van der Waals surface area contributed by atoms with Crippen LogP contribution in [0.2, 0.25) is 0 Å². The van der Waals surface area contributed by atoms with Crippen LogP contribution in [0, 0.1) is 0 Å². The van der Waals surface area contributed by atoms with Gasteiger partial charge in [0.05, 0.1) is 5.56 Å². The molecular formula is C26H22O3. The Morgan fingerprint density at radius 1 is 0.793 bits per heavy atom. The topological polar surface area (TPSA) is 54.4 Å². The Hall–Kier alpha value is -3.72. The normalized spacial score (nSPS) is 11.2. The number of carbonyl (C=O) groups excluding carboxylic acids is 1. The summed E-state index contributed by atoms with van der Waals surface area (Å²) in [6.07, 6.45) is 8.46. The smallest absolute Gasteiger partial charge is 0.336 e. The lowest BCUT2D eigenvalue weighted by Gasteiger charge is -2.10. The van der Waals surface area contributed by atoms with Crippen LogP contribution >= 0.6 is 0 Å². The molecule has 0 amide bonds. The summed E-state index contributed by atoms with van der Waals surface area (Å²) in [6, 6.07) is 23.0. The molecule has 0 heterocycles. The number of aromatic carboxylic acids is 1. The first-order chi connectivity index (χ1) is 14.0. The van der Waals surface area contributed by atoms with Gasteiger partial charge in [-0.25, -0.2) is 4.79 Å². The summed E-state index contributed by atoms with van der Waals surface area (Å²) in [4.78, 5) is 23.7. The van der Waals surface area contributed by atoms with Gasteiger partial charge in [0.25, 0.3) is 0 Å². The van der Waals surface area contributed by atoms with E-state index in [9.17, 15) is 14.7 Å². The van der Waals surface area contributed by atoms with Gasteiger partial charge in [-0.2, -0.15) is 0 Å². The molecular weight excluding hydrogens is 360 g/mol. The summed E-state index contributed by atoms with van der Waals surface area (Å²) < 4.78 is 0. The summed E-state index contributed by atoms with van der Waals surface area (Å²) in [6.45, 7) is 1.39. The lowest BCUT2D eigenvalue weighted by molar-refractivity contribution is 0.0692. The minimum atomic E-state index is -1.10. The molecule has 0 bridgehead atoms. The van der Waals surface area contributed by atoms with Crippen molar-refractivity contribution in [3.8, 4) is 0 Å². The lowest BCUT2D eigenvalue weighted by Crippen LogP contribution is -2.08. The zero-order valence-corrected chi connectivity index (χ0v) is 16.2. The molecule has 0 fully saturated rings. The number of rotatable bonds is 7. The molecule has 144 valence electrons. The van der Waals surface area contributed by atoms with Gasteiger partial charge in [-0.15, -0.1) is 0 Å². The van der Waals surface area contributed by atoms with Crippen molar-refractivity contribution in [2.45, 2.75) is 13.3 Å². The number of carboxylic acid groups (broad SMARTS) is 1. The van der Waals surface area contributed by atoms with Crippen molar-refractivity contribution in [2.75, 3.05) is 0 Å². The van der Waals surface area contributed by atoms with Crippen LogP contribution in [0.15, 0.2) is 78.9 Å². The number of carbonyl (C=O) groups is 2. The first-order valence-corrected chi connectivity index (χ1v) is 9.40. The van der Waals surface area contributed by atoms with Gasteiger partial charge in [-0.3, -0.25) is 4.79 Å². The molecule has 0 spiro atoms. The molecule has 0 atom stereocenters. The van der Waals surface area contributed by atoms with Gasteiger partial charge in [0.1, 0.15) is 0 Å². The molecule has 3 heteroatoms. The molecule has 0 aliphatic rings. The predicted molar refractivity (Wildman–Crippen MR) is 118 cm³/mol. The third-order valence-electron chi connectivity index (χ3n) is 4.59. The van der Waals surface area contributed by atoms with E-state index in [0.29, 0.717) is 6.42 Å². The maximum absolute atomic E-state index is 12.0. The van der Waals surface area contributed by atoms with Crippen LogP contribution in [0.1, 0.15) is 49.9 Å². The average Bonchev–Trinajstić information content (AvgIpc) is 2.73. The highest BCUT2D eigenvalue weighted by molar-refractivity contribution is 6.05. The molecule has 0 aromatic heterocycles. The van der Waals surface area contributed by atoms with Crippen molar-refractivity contribution < 1.29 is 14.7 Å². The molecule has 3 aromatic carbocycles. The standard InChI is InChI=1S/C26H22O3/c1-19(27)24-17-23(16-15-21-11-6-3-7-12-21)22(18-25(24)26(28)29)14-8-13-20-9-4-2-5-10-20/h2-13,15-18H,14H2,1H3,(H,28,29)/b13-8+,16-15-. The molecule has 0 saturated heterocycles. The summed E-state index contributed by atoms with van der Waals surface area (Å²) >= 11 is 0. The van der Waals surface area contributed by atoms with Crippen LogP contribution in [0.5, 0.6) is 0 Å². The van der Waals surface area contributed by atoms with E-state index in [0.717, 1.165) is 22.3 Å². The minimum absolute atomic E-state index is 0.0393. The fraction of sp³-hybridized carbons (Fsp3) is 0.0769. The van der Waals surface area contributed by atoms with Gasteiger partial charge < -0.3 is 5.11 Å². The van der Waals surface area contributed by atoms with E-state index in [-0.39, 0.29) is 16.9 Å². The molecule has 0 radical (unpaired) electrons. The molecule has 0 saturated carbocycles. The third kappa shape index (κ3) is 5.39. The van der Waals surface area contributed by atoms with Gasteiger partial charge in [0.2, 0.25) is 0 Å². The monoisotopic (exact) mass is 382 g/mol. The Morgan fingerprint density at radius 3 is 1.93 bits per heavy atom. The largest absolute Gasteiger partial charge is 0.478 e. The Kier molecular flexibility index (Phi) is 6.54. The number of allylic oxidation sites excluding steroid dienone is 1. The summed E-state index contributed by atoms with van der Waals surface area (Å²) in [7, 11) is 0. The van der Waals surface area contributed by atoms with Crippen molar-refractivity contribution in [2.24, 2.45) is 0 Å². The highest BCUT2D eigenvalue weighted by atomic mass is 16.4. The summed E-state index contributed by atoms with van der Waals surface area (Å²) in [5.74, 6) is -1.36. The van der Waals surface area contributed by atoms with Crippen molar-refractivity contribution in [1.29, 1.82) is 0 Å². The van der Waals surface area contributed by atoms with E-state index in [1.807, 2.05) is 85.0 Å². The van der Waals surface area contributed by atoms with Crippen LogP contribution in [0.3, 0.4) is 0 Å². The number of carboxylic acids is 1. The molecule has 1 N–H and O–H groups in total. The maximum Gasteiger partial charge on any atom is 0.336 e. The Bertz CT molecular complexity index is 1060. The number of ketones is 1. The van der Waals surface area contributed by atoms with E-state index in [4.69, 9.17) is 0 Å². The predicted octanol–water partition coefficient (Wildman–Crippen LogP) is 6.01. The fourth-order valence-corrected chi connectivity index (χ4v) is 3.10. The second-order valence-corrected chi connectivity index (χ2v) is 6.72. The first kappa shape index (κ1) is 20.0. The molecule has 0 aliphatic carbocycles. The number of hydrogen-bond donors (Lipinski definition) is 1. The second-order valence-electron chi connectivity index (χ2n) is 6.72. The van der Waals surface area contributed by atoms with E-state index in [1.54, 1.807) is 12.1 Å². The van der Waals surface area contributed by atoms with Gasteiger partial charge in [0, 0.05) is 5.56 Å². The van der Waals surface area contributed by atoms with Crippen LogP contribution in [0.25, 0.3) is 18.2 Å². The van der Waals surface area contributed by atoms with Crippen molar-refractivity contribution in [3.63, 3.8) is 0 Å². The van der Waals surface area contributed by atoms with Crippen LogP contribution < -0.4 is 0 Å². The van der Waals surface area contributed by atoms with Gasteiger partial charge in [0.15, 0.2) is 5.78 Å². The molecule has 29 heavy (non-hydrogen) atoms. The van der Waals surface area contributed by atoms with Crippen LogP contribution in [-0.4, -0.2) is 16.9 Å². The number of hydrogen-bond acceptors (Lipinski definition) is 2. The number of Topliss-reactive ketones (excluding diaryl/α,β-unsaturated/α-hetero) is 1. The van der Waals surface area contributed by atoms with Crippen LogP contribution in [0.4, 0.5) is 0 Å². The van der Waals surface area contributed by atoms with E-state index >= 15 is 0 Å². The fourth-order valence-electron chi connectivity index (χ4n) is 3.10. The van der Waals surface area contributed by atoms with E-state index in [1.165, 1.54) is 6.92 Å². The molecule has 3 aromatic rings. The van der Waals surface area contributed by atoms with Gasteiger partial charge in [-0.05, 0) is 47.7 Å². The number of benzene rings is 3. The Labute approximate surface area is 170 Å². The Balaban J connectivity index is 1.99. The third-order valence-corrected chi connectivity index (χ3v) is 4.59. The average molecular weight is 382 g/mol. The minimum Gasteiger partial charge on any atom is -0.478 e. The zero-order valence-electron chi connectivity index (χ0n) is 16.2. The second kappa shape index (κ2) is 9.47. The van der Waals surface area contributed by atoms with Crippen LogP contribution in [-0.2, 0) is 6.42 Å². The van der Waals surface area contributed by atoms with Crippen molar-refractivity contribution >= 4 is 30.0 Å². The maximum atomic E-state index is 12.0. The van der Waals surface area contributed by atoms with Crippen molar-refractivity contribution in [1.82, 2.24) is 0 Å². The molecule has 0 aliphatic heterocycles. The van der Waals surface area contributed by atoms with Crippen molar-refractivity contribution in [3.05, 3.63) is 112 Å².